The molecule has 0 saturated heterocycles. The number of fused-ring (bicyclic) bond motifs is 5. The van der Waals surface area contributed by atoms with Crippen LogP contribution in [0.3, 0.4) is 0 Å². The third-order valence-electron chi connectivity index (χ3n) is 6.76. The predicted octanol–water partition coefficient (Wildman–Crippen LogP) is 4.88. The summed E-state index contributed by atoms with van der Waals surface area (Å²) in [4.78, 5) is 0. The van der Waals surface area contributed by atoms with Crippen LogP contribution >= 0.6 is 0 Å². The summed E-state index contributed by atoms with van der Waals surface area (Å²) in [6.45, 7) is 0. The minimum absolute atomic E-state index is 0.537. The molecule has 2 N–H and O–H groups in total. The van der Waals surface area contributed by atoms with E-state index in [2.05, 4.69) is 91.0 Å². The van der Waals surface area contributed by atoms with Gasteiger partial charge in [0, 0.05) is 0 Å². The molecule has 32 heavy (non-hydrogen) atoms. The van der Waals surface area contributed by atoms with Gasteiger partial charge in [0.1, 0.15) is 0 Å². The first kappa shape index (κ1) is 19.1. The average Bonchev–Trinajstić information content (AvgIpc) is 3.17. The Labute approximate surface area is 187 Å². The Morgan fingerprint density at radius 2 is 1.09 bits per heavy atom. The Hall–Kier alpha value is -3.66. The lowest BCUT2D eigenvalue weighted by atomic mass is 9.61. The molecule has 0 aliphatic heterocycles. The molecule has 6 rings (SSSR count). The van der Waals surface area contributed by atoms with E-state index < -0.39 is 12.5 Å². The van der Waals surface area contributed by atoms with Crippen molar-refractivity contribution in [2.75, 3.05) is 0 Å². The molecule has 5 aromatic carbocycles. The van der Waals surface area contributed by atoms with E-state index >= 15 is 0 Å². The molecule has 0 radical (unpaired) electrons. The van der Waals surface area contributed by atoms with Gasteiger partial charge in [0.15, 0.2) is 0 Å². The number of hydrogen-bond donors (Lipinski definition) is 2. The highest BCUT2D eigenvalue weighted by atomic mass is 16.4. The maximum atomic E-state index is 10.5. The van der Waals surface area contributed by atoms with Gasteiger partial charge in [0.05, 0.1) is 5.41 Å². The van der Waals surface area contributed by atoms with E-state index in [-0.39, 0.29) is 0 Å². The summed E-state index contributed by atoms with van der Waals surface area (Å²) in [5.41, 5.74) is 6.39. The standard InChI is InChI=1S/C29H21BO2/c31-30(32)26-17-9-16-24-25-19-18-20-10-7-8-15-23(20)27(25)29(28(24)26,21-11-3-1-4-12-21)22-13-5-2-6-14-22/h1-19,31-32H. The zero-order valence-corrected chi connectivity index (χ0v) is 17.4. The van der Waals surface area contributed by atoms with E-state index in [1.54, 1.807) is 0 Å². The summed E-state index contributed by atoms with van der Waals surface area (Å²) in [5.74, 6) is 0. The maximum absolute atomic E-state index is 10.5. The predicted molar refractivity (Wildman–Crippen MR) is 131 cm³/mol. The fourth-order valence-corrected chi connectivity index (χ4v) is 5.57. The molecule has 0 aromatic heterocycles. The highest BCUT2D eigenvalue weighted by molar-refractivity contribution is 6.59. The lowest BCUT2D eigenvalue weighted by molar-refractivity contribution is 0.425. The smallest absolute Gasteiger partial charge is 0.423 e. The Bertz CT molecular complexity index is 1400. The van der Waals surface area contributed by atoms with E-state index in [4.69, 9.17) is 0 Å². The maximum Gasteiger partial charge on any atom is 0.488 e. The lowest BCUT2D eigenvalue weighted by Gasteiger charge is -2.36. The minimum atomic E-state index is -1.57. The first-order valence-corrected chi connectivity index (χ1v) is 10.9. The Kier molecular flexibility index (Phi) is 4.29. The van der Waals surface area contributed by atoms with Crippen molar-refractivity contribution in [1.29, 1.82) is 0 Å². The Balaban J connectivity index is 1.90. The molecule has 0 unspecified atom stereocenters. The van der Waals surface area contributed by atoms with Gasteiger partial charge in [-0.05, 0) is 49.6 Å². The van der Waals surface area contributed by atoms with E-state index in [9.17, 15) is 10.0 Å². The van der Waals surface area contributed by atoms with Crippen LogP contribution in [0.4, 0.5) is 0 Å². The number of rotatable bonds is 3. The lowest BCUT2D eigenvalue weighted by Crippen LogP contribution is -2.41. The van der Waals surface area contributed by atoms with Crippen molar-refractivity contribution in [2.24, 2.45) is 0 Å². The second-order valence-electron chi connectivity index (χ2n) is 8.33. The van der Waals surface area contributed by atoms with Gasteiger partial charge in [-0.25, -0.2) is 0 Å². The molecule has 0 amide bonds. The first-order chi connectivity index (χ1) is 15.7. The van der Waals surface area contributed by atoms with Gasteiger partial charge >= 0.3 is 7.12 Å². The van der Waals surface area contributed by atoms with Crippen LogP contribution in [0.1, 0.15) is 22.3 Å². The SMILES string of the molecule is OB(O)c1cccc2c1C(c1ccccc1)(c1ccccc1)c1c-2ccc2ccccc12. The molecule has 5 aromatic rings. The molecule has 2 nitrogen and oxygen atoms in total. The summed E-state index contributed by atoms with van der Waals surface area (Å²) >= 11 is 0. The molecule has 1 aliphatic carbocycles. The van der Waals surface area contributed by atoms with E-state index in [1.807, 2.05) is 24.3 Å². The zero-order chi connectivity index (χ0) is 21.7. The van der Waals surface area contributed by atoms with Crippen molar-refractivity contribution in [2.45, 2.75) is 5.41 Å². The van der Waals surface area contributed by atoms with Crippen molar-refractivity contribution in [3.05, 3.63) is 138 Å². The topological polar surface area (TPSA) is 40.5 Å². The van der Waals surface area contributed by atoms with Crippen LogP contribution in [-0.4, -0.2) is 17.2 Å². The highest BCUT2D eigenvalue weighted by Gasteiger charge is 2.49. The third-order valence-corrected chi connectivity index (χ3v) is 6.76. The summed E-state index contributed by atoms with van der Waals surface area (Å²) < 4.78 is 0. The van der Waals surface area contributed by atoms with Gasteiger partial charge in [-0.15, -0.1) is 0 Å². The summed E-state index contributed by atoms with van der Waals surface area (Å²) in [7, 11) is -1.57. The van der Waals surface area contributed by atoms with E-state index in [0.717, 1.165) is 27.8 Å². The van der Waals surface area contributed by atoms with Crippen LogP contribution in [0.5, 0.6) is 0 Å². The monoisotopic (exact) mass is 412 g/mol. The Morgan fingerprint density at radius 1 is 0.500 bits per heavy atom. The van der Waals surface area contributed by atoms with Gasteiger partial charge < -0.3 is 10.0 Å². The molecular formula is C29H21BO2. The average molecular weight is 412 g/mol. The van der Waals surface area contributed by atoms with E-state index in [1.165, 1.54) is 16.3 Å². The quantitative estimate of drug-likeness (QED) is 0.407. The summed E-state index contributed by atoms with van der Waals surface area (Å²) in [6, 6.07) is 39.5. The molecule has 152 valence electrons. The first-order valence-electron chi connectivity index (χ1n) is 10.9. The van der Waals surface area contributed by atoms with Gasteiger partial charge in [-0.1, -0.05) is 115 Å². The van der Waals surface area contributed by atoms with Crippen molar-refractivity contribution in [3.8, 4) is 11.1 Å². The van der Waals surface area contributed by atoms with Crippen LogP contribution in [0.2, 0.25) is 0 Å². The van der Waals surface area contributed by atoms with E-state index in [0.29, 0.717) is 5.46 Å². The summed E-state index contributed by atoms with van der Waals surface area (Å²) in [5, 5.41) is 23.3. The number of benzene rings is 5. The second-order valence-corrected chi connectivity index (χ2v) is 8.33. The zero-order valence-electron chi connectivity index (χ0n) is 17.4. The van der Waals surface area contributed by atoms with Crippen LogP contribution < -0.4 is 5.46 Å². The highest BCUT2D eigenvalue weighted by Crippen LogP contribution is 2.57. The molecule has 0 saturated carbocycles. The van der Waals surface area contributed by atoms with Gasteiger partial charge in [-0.3, -0.25) is 0 Å². The van der Waals surface area contributed by atoms with Crippen molar-refractivity contribution in [1.82, 2.24) is 0 Å². The largest absolute Gasteiger partial charge is 0.488 e. The van der Waals surface area contributed by atoms with Crippen LogP contribution in [0, 0.1) is 0 Å². The molecule has 3 heteroatoms. The normalized spacial score (nSPS) is 13.6. The van der Waals surface area contributed by atoms with Gasteiger partial charge in [0.25, 0.3) is 0 Å². The second kappa shape index (κ2) is 7.20. The Morgan fingerprint density at radius 3 is 1.75 bits per heavy atom. The molecule has 0 spiro atoms. The fraction of sp³-hybridized carbons (Fsp3) is 0.0345. The molecule has 0 heterocycles. The van der Waals surface area contributed by atoms with Crippen LogP contribution in [0.15, 0.2) is 115 Å². The minimum Gasteiger partial charge on any atom is -0.423 e. The molecular weight excluding hydrogens is 391 g/mol. The summed E-state index contributed by atoms with van der Waals surface area (Å²) in [6.07, 6.45) is 0. The molecule has 0 bridgehead atoms. The van der Waals surface area contributed by atoms with Gasteiger partial charge in [0.2, 0.25) is 0 Å². The molecule has 1 aliphatic rings. The number of hydrogen-bond acceptors (Lipinski definition) is 2. The van der Waals surface area contributed by atoms with Crippen LogP contribution in [0.25, 0.3) is 21.9 Å². The fourth-order valence-electron chi connectivity index (χ4n) is 5.57. The van der Waals surface area contributed by atoms with Crippen molar-refractivity contribution in [3.63, 3.8) is 0 Å². The van der Waals surface area contributed by atoms with Crippen LogP contribution in [-0.2, 0) is 5.41 Å². The third kappa shape index (κ3) is 2.50. The molecule has 0 fully saturated rings. The van der Waals surface area contributed by atoms with Crippen molar-refractivity contribution < 1.29 is 10.0 Å². The molecule has 0 atom stereocenters. The van der Waals surface area contributed by atoms with Crippen molar-refractivity contribution >= 4 is 23.4 Å². The van der Waals surface area contributed by atoms with Gasteiger partial charge in [-0.2, -0.15) is 0 Å².